The number of carbonyl (C=O) groups excluding carboxylic acids is 1. The third-order valence-electron chi connectivity index (χ3n) is 1.22. The summed E-state index contributed by atoms with van der Waals surface area (Å²) in [6, 6.07) is 0. The maximum absolute atomic E-state index is 10.9. The van der Waals surface area contributed by atoms with Crippen LogP contribution in [-0.4, -0.2) is 23.8 Å². The quantitative estimate of drug-likeness (QED) is 0.378. The van der Waals surface area contributed by atoms with Gasteiger partial charge in [0.2, 0.25) is 0 Å². The fourth-order valence-corrected chi connectivity index (χ4v) is 0.947. The molecule has 1 atom stereocenters. The van der Waals surface area contributed by atoms with E-state index in [4.69, 9.17) is 16.3 Å². The molecule has 0 fully saturated rings. The Morgan fingerprint density at radius 1 is 2.00 bits per heavy atom. The first-order valence-electron chi connectivity index (χ1n) is 3.37. The zero-order valence-corrected chi connectivity index (χ0v) is 6.89. The summed E-state index contributed by atoms with van der Waals surface area (Å²) < 4.78 is 4.71. The number of carbonyl (C=O) groups is 1. The number of halogens is 1. The van der Waals surface area contributed by atoms with Gasteiger partial charge in [0.15, 0.2) is 0 Å². The van der Waals surface area contributed by atoms with Crippen molar-refractivity contribution in [1.82, 2.24) is 5.43 Å². The number of ether oxygens (including phenoxy) is 1. The summed E-state index contributed by atoms with van der Waals surface area (Å²) in [6.07, 6.45) is 0.431. The Balaban J connectivity index is 2.43. The molecule has 0 amide bonds. The molecule has 4 nitrogen and oxygen atoms in total. The molecular weight excluding hydrogens is 168 g/mol. The van der Waals surface area contributed by atoms with Gasteiger partial charge in [-0.2, -0.15) is 5.10 Å². The fraction of sp³-hybridized carbons (Fsp3) is 0.667. The first-order valence-corrected chi connectivity index (χ1v) is 3.81. The van der Waals surface area contributed by atoms with E-state index < -0.39 is 0 Å². The second kappa shape index (κ2) is 3.57. The lowest BCUT2D eigenvalue weighted by atomic mass is 10.3. The number of hydrogen-bond donors (Lipinski definition) is 1. The van der Waals surface area contributed by atoms with Crippen molar-refractivity contribution in [2.45, 2.75) is 18.8 Å². The van der Waals surface area contributed by atoms with E-state index in [1.807, 2.05) is 0 Å². The Labute approximate surface area is 69.6 Å². The normalized spacial score (nSPS) is 22.4. The largest absolute Gasteiger partial charge is 0.461 e. The number of hydrazone groups is 1. The van der Waals surface area contributed by atoms with Gasteiger partial charge in [0, 0.05) is 6.42 Å². The molecule has 1 aliphatic heterocycles. The van der Waals surface area contributed by atoms with E-state index in [1.54, 1.807) is 6.92 Å². The van der Waals surface area contributed by atoms with Gasteiger partial charge < -0.3 is 4.74 Å². The molecule has 1 unspecified atom stereocenters. The average molecular weight is 177 g/mol. The highest BCUT2D eigenvalue weighted by molar-refractivity contribution is 6.39. The van der Waals surface area contributed by atoms with Crippen LogP contribution >= 0.6 is 11.6 Å². The smallest absolute Gasteiger partial charge is 0.354 e. The summed E-state index contributed by atoms with van der Waals surface area (Å²) in [6.45, 7) is 2.11. The van der Waals surface area contributed by atoms with Crippen molar-refractivity contribution in [1.29, 1.82) is 0 Å². The number of alkyl halides is 1. The van der Waals surface area contributed by atoms with Gasteiger partial charge in [0.05, 0.1) is 6.61 Å². The topological polar surface area (TPSA) is 50.7 Å². The Morgan fingerprint density at radius 2 is 2.73 bits per heavy atom. The third kappa shape index (κ3) is 2.08. The molecule has 0 saturated carbocycles. The zero-order valence-electron chi connectivity index (χ0n) is 6.13. The van der Waals surface area contributed by atoms with E-state index in [0.29, 0.717) is 18.7 Å². The molecule has 0 aromatic carbocycles. The van der Waals surface area contributed by atoms with E-state index in [0.717, 1.165) is 0 Å². The molecule has 0 bridgehead atoms. The lowest BCUT2D eigenvalue weighted by Gasteiger charge is -1.98. The molecule has 1 rings (SSSR count). The van der Waals surface area contributed by atoms with Gasteiger partial charge in [0.1, 0.15) is 11.2 Å². The minimum atomic E-state index is -0.386. The summed E-state index contributed by atoms with van der Waals surface area (Å²) in [4.78, 5) is 10.9. The molecule has 0 aromatic heterocycles. The highest BCUT2D eigenvalue weighted by Crippen LogP contribution is 2.07. The molecule has 5 heteroatoms. The number of esters is 1. The van der Waals surface area contributed by atoms with Crippen LogP contribution in [0.1, 0.15) is 13.3 Å². The minimum absolute atomic E-state index is 0.269. The molecule has 0 saturated heterocycles. The molecule has 0 radical (unpaired) electrons. The summed E-state index contributed by atoms with van der Waals surface area (Å²) in [7, 11) is 0. The Kier molecular flexibility index (Phi) is 2.70. The highest BCUT2D eigenvalue weighted by Gasteiger charge is 2.22. The van der Waals surface area contributed by atoms with E-state index >= 15 is 0 Å². The molecule has 1 aliphatic rings. The number of hydrogen-bond acceptors (Lipinski definition) is 4. The summed E-state index contributed by atoms with van der Waals surface area (Å²) in [5, 5.41) is 3.70. The Bertz CT molecular complexity index is 193. The molecule has 0 aliphatic carbocycles. The van der Waals surface area contributed by atoms with Crippen molar-refractivity contribution in [3.05, 3.63) is 0 Å². The van der Waals surface area contributed by atoms with Crippen LogP contribution in [0.5, 0.6) is 0 Å². The van der Waals surface area contributed by atoms with E-state index in [9.17, 15) is 4.79 Å². The fourth-order valence-electron chi connectivity index (χ4n) is 0.752. The minimum Gasteiger partial charge on any atom is -0.461 e. The second-order valence-electron chi connectivity index (χ2n) is 2.08. The standard InChI is InChI=1S/C6H9ClN2O2/c1-2-11-6(10)4-3-5(7)9-8-4/h5,9H,2-3H2,1H3. The lowest BCUT2D eigenvalue weighted by Crippen LogP contribution is -2.16. The predicted octanol–water partition coefficient (Wildman–Crippen LogP) is 0.464. The van der Waals surface area contributed by atoms with Crippen LogP contribution in [0.2, 0.25) is 0 Å². The molecule has 1 heterocycles. The van der Waals surface area contributed by atoms with Crippen molar-refractivity contribution in [3.63, 3.8) is 0 Å². The van der Waals surface area contributed by atoms with Crippen LogP contribution in [0.25, 0.3) is 0 Å². The Morgan fingerprint density at radius 3 is 3.18 bits per heavy atom. The van der Waals surface area contributed by atoms with Gasteiger partial charge in [-0.25, -0.2) is 4.79 Å². The first-order chi connectivity index (χ1) is 5.24. The molecular formula is C6H9ClN2O2. The maximum atomic E-state index is 10.9. The van der Waals surface area contributed by atoms with Crippen LogP contribution in [0.3, 0.4) is 0 Å². The summed E-state index contributed by atoms with van der Waals surface area (Å²) >= 11 is 5.62. The zero-order chi connectivity index (χ0) is 8.27. The molecule has 0 aromatic rings. The molecule has 62 valence electrons. The summed E-state index contributed by atoms with van der Waals surface area (Å²) in [5.41, 5.74) is 2.66. The van der Waals surface area contributed by atoms with Crippen molar-refractivity contribution in [3.8, 4) is 0 Å². The predicted molar refractivity (Wildman–Crippen MR) is 41.5 cm³/mol. The van der Waals surface area contributed by atoms with Gasteiger partial charge in [-0.05, 0) is 6.92 Å². The van der Waals surface area contributed by atoms with Crippen molar-refractivity contribution >= 4 is 23.3 Å². The number of rotatable bonds is 2. The van der Waals surface area contributed by atoms with Gasteiger partial charge in [-0.3, -0.25) is 5.43 Å². The van der Waals surface area contributed by atoms with Crippen molar-refractivity contribution < 1.29 is 9.53 Å². The SMILES string of the molecule is CCOC(=O)C1=NNC(Cl)C1. The maximum Gasteiger partial charge on any atom is 0.354 e. The highest BCUT2D eigenvalue weighted by atomic mass is 35.5. The van der Waals surface area contributed by atoms with Crippen LogP contribution in [0.4, 0.5) is 0 Å². The van der Waals surface area contributed by atoms with E-state index in [2.05, 4.69) is 10.5 Å². The van der Waals surface area contributed by atoms with Crippen molar-refractivity contribution in [2.24, 2.45) is 5.10 Å². The van der Waals surface area contributed by atoms with Gasteiger partial charge >= 0.3 is 5.97 Å². The molecule has 1 N–H and O–H groups in total. The number of nitrogens with one attached hydrogen (secondary N) is 1. The van der Waals surface area contributed by atoms with Crippen LogP contribution in [0.15, 0.2) is 5.10 Å². The first kappa shape index (κ1) is 8.33. The van der Waals surface area contributed by atoms with Crippen molar-refractivity contribution in [2.75, 3.05) is 6.61 Å². The van der Waals surface area contributed by atoms with Gasteiger partial charge in [-0.1, -0.05) is 11.6 Å². The van der Waals surface area contributed by atoms with Gasteiger partial charge in [0.25, 0.3) is 0 Å². The van der Waals surface area contributed by atoms with Crippen LogP contribution in [0, 0.1) is 0 Å². The molecule has 0 spiro atoms. The Hall–Kier alpha value is -0.770. The average Bonchev–Trinajstić information content (AvgIpc) is 2.36. The van der Waals surface area contributed by atoms with Gasteiger partial charge in [-0.15, -0.1) is 0 Å². The number of nitrogens with zero attached hydrogens (tertiary/aromatic N) is 1. The monoisotopic (exact) mass is 176 g/mol. The molecule has 11 heavy (non-hydrogen) atoms. The van der Waals surface area contributed by atoms with E-state index in [1.165, 1.54) is 0 Å². The van der Waals surface area contributed by atoms with Crippen LogP contribution in [-0.2, 0) is 9.53 Å². The van der Waals surface area contributed by atoms with E-state index in [-0.39, 0.29) is 11.5 Å². The summed E-state index contributed by atoms with van der Waals surface area (Å²) in [5.74, 6) is -0.386. The third-order valence-corrected chi connectivity index (χ3v) is 1.48. The lowest BCUT2D eigenvalue weighted by molar-refractivity contribution is -0.135. The second-order valence-corrected chi connectivity index (χ2v) is 2.61. The van der Waals surface area contributed by atoms with Crippen LogP contribution < -0.4 is 5.43 Å².